The van der Waals surface area contributed by atoms with Crippen molar-refractivity contribution in [2.75, 3.05) is 20.8 Å². The van der Waals surface area contributed by atoms with Crippen molar-refractivity contribution in [3.8, 4) is 11.5 Å². The lowest BCUT2D eigenvalue weighted by molar-refractivity contribution is 0.150. The zero-order valence-electron chi connectivity index (χ0n) is 13.9. The number of halogens is 1. The smallest absolute Gasteiger partial charge is 0.161 e. The van der Waals surface area contributed by atoms with Crippen molar-refractivity contribution in [3.63, 3.8) is 0 Å². The summed E-state index contributed by atoms with van der Waals surface area (Å²) in [5.41, 5.74) is 3.26. The second-order valence-corrected chi connectivity index (χ2v) is 6.40. The number of nitrogens with one attached hydrogen (secondary N) is 1. The highest BCUT2D eigenvalue weighted by molar-refractivity contribution is 6.30. The van der Waals surface area contributed by atoms with Gasteiger partial charge in [-0.2, -0.15) is 0 Å². The molecule has 1 heterocycles. The van der Waals surface area contributed by atoms with Crippen molar-refractivity contribution in [2.24, 2.45) is 0 Å². The van der Waals surface area contributed by atoms with Crippen molar-refractivity contribution in [3.05, 3.63) is 58.1 Å². The Labute approximate surface area is 147 Å². The third-order valence-corrected chi connectivity index (χ3v) is 4.77. The molecule has 2 aromatic rings. The first kappa shape index (κ1) is 17.1. The minimum atomic E-state index is -0.557. The topological polar surface area (TPSA) is 50.7 Å². The maximum absolute atomic E-state index is 10.6. The number of rotatable bonds is 5. The van der Waals surface area contributed by atoms with Crippen LogP contribution in [0.25, 0.3) is 0 Å². The first-order valence-corrected chi connectivity index (χ1v) is 8.42. The molecule has 2 N–H and O–H groups in total. The largest absolute Gasteiger partial charge is 0.493 e. The highest BCUT2D eigenvalue weighted by Crippen LogP contribution is 2.38. The van der Waals surface area contributed by atoms with Gasteiger partial charge in [0.15, 0.2) is 11.5 Å². The van der Waals surface area contributed by atoms with E-state index in [0.29, 0.717) is 17.2 Å². The maximum Gasteiger partial charge on any atom is 0.161 e. The van der Waals surface area contributed by atoms with E-state index in [1.54, 1.807) is 26.4 Å². The number of methoxy groups -OCH3 is 2. The molecule has 0 unspecified atom stereocenters. The van der Waals surface area contributed by atoms with Gasteiger partial charge in [-0.3, -0.25) is 0 Å². The van der Waals surface area contributed by atoms with Gasteiger partial charge < -0.3 is 19.9 Å². The lowest BCUT2D eigenvalue weighted by Gasteiger charge is -2.29. The lowest BCUT2D eigenvalue weighted by Crippen LogP contribution is -2.31. The Bertz CT molecular complexity index is 703. The van der Waals surface area contributed by atoms with E-state index in [0.717, 1.165) is 29.8 Å². The molecule has 0 saturated carbocycles. The molecule has 2 aromatic carbocycles. The van der Waals surface area contributed by atoms with Gasteiger partial charge in [-0.15, -0.1) is 0 Å². The maximum atomic E-state index is 10.6. The van der Waals surface area contributed by atoms with E-state index in [2.05, 4.69) is 5.32 Å². The number of hydrogen-bond donors (Lipinski definition) is 2. The molecule has 24 heavy (non-hydrogen) atoms. The molecule has 0 fully saturated rings. The van der Waals surface area contributed by atoms with Gasteiger partial charge in [-0.05, 0) is 60.3 Å². The molecule has 0 radical (unpaired) electrons. The quantitative estimate of drug-likeness (QED) is 0.866. The number of fused-ring (bicyclic) bond motifs is 1. The summed E-state index contributed by atoms with van der Waals surface area (Å²) in [7, 11) is 3.28. The van der Waals surface area contributed by atoms with Crippen LogP contribution in [-0.2, 0) is 6.42 Å². The molecule has 3 rings (SSSR count). The fraction of sp³-hybridized carbons (Fsp3) is 0.368. The Morgan fingerprint density at radius 3 is 2.50 bits per heavy atom. The number of aliphatic hydroxyl groups excluding tert-OH is 1. The van der Waals surface area contributed by atoms with Crippen LogP contribution in [0.1, 0.15) is 35.3 Å². The monoisotopic (exact) mass is 347 g/mol. The van der Waals surface area contributed by atoms with Crippen LogP contribution in [0, 0.1) is 0 Å². The zero-order valence-corrected chi connectivity index (χ0v) is 14.6. The van der Waals surface area contributed by atoms with Gasteiger partial charge in [0.05, 0.1) is 20.3 Å². The summed E-state index contributed by atoms with van der Waals surface area (Å²) >= 11 is 5.92. The van der Waals surface area contributed by atoms with Crippen LogP contribution in [0.3, 0.4) is 0 Å². The molecule has 4 nitrogen and oxygen atoms in total. The SMILES string of the molecule is COc1cc2c(cc1OC)[C@H](C[C@@H](O)c1ccc(Cl)cc1)NCC2. The number of ether oxygens (including phenoxy) is 2. The first-order chi connectivity index (χ1) is 11.6. The van der Waals surface area contributed by atoms with Crippen LogP contribution in [-0.4, -0.2) is 25.9 Å². The lowest BCUT2D eigenvalue weighted by atomic mass is 9.89. The van der Waals surface area contributed by atoms with Crippen LogP contribution < -0.4 is 14.8 Å². The van der Waals surface area contributed by atoms with E-state index in [9.17, 15) is 5.11 Å². The highest BCUT2D eigenvalue weighted by atomic mass is 35.5. The molecule has 0 bridgehead atoms. The van der Waals surface area contributed by atoms with Gasteiger partial charge in [0, 0.05) is 11.1 Å². The molecule has 0 aromatic heterocycles. The van der Waals surface area contributed by atoms with E-state index in [-0.39, 0.29) is 6.04 Å². The van der Waals surface area contributed by atoms with Crippen molar-refractivity contribution in [2.45, 2.75) is 25.0 Å². The summed E-state index contributed by atoms with van der Waals surface area (Å²) in [6.45, 7) is 0.875. The average Bonchev–Trinajstić information content (AvgIpc) is 2.61. The second kappa shape index (κ2) is 7.43. The standard InChI is InChI=1S/C19H22ClNO3/c1-23-18-9-13-7-8-21-16(15(13)10-19(18)24-2)11-17(22)12-3-5-14(20)6-4-12/h3-6,9-10,16-17,21-22H,7-8,11H2,1-2H3/t16-,17+/m0/s1. The third kappa shape index (κ3) is 3.51. The second-order valence-electron chi connectivity index (χ2n) is 5.97. The summed E-state index contributed by atoms with van der Waals surface area (Å²) < 4.78 is 10.8. The Balaban J connectivity index is 1.84. The highest BCUT2D eigenvalue weighted by Gasteiger charge is 2.25. The molecule has 0 saturated heterocycles. The van der Waals surface area contributed by atoms with Crippen LogP contribution in [0.2, 0.25) is 5.02 Å². The Morgan fingerprint density at radius 2 is 1.83 bits per heavy atom. The number of aliphatic hydroxyl groups is 1. The zero-order chi connectivity index (χ0) is 17.1. The molecule has 1 aliphatic heterocycles. The van der Waals surface area contributed by atoms with E-state index in [4.69, 9.17) is 21.1 Å². The molecule has 128 valence electrons. The third-order valence-electron chi connectivity index (χ3n) is 4.52. The predicted octanol–water partition coefficient (Wildman–Crippen LogP) is 3.67. The normalized spacial score (nSPS) is 17.9. The van der Waals surface area contributed by atoms with Crippen molar-refractivity contribution in [1.82, 2.24) is 5.32 Å². The molecule has 5 heteroatoms. The van der Waals surface area contributed by atoms with Gasteiger partial charge in [0.25, 0.3) is 0 Å². The molecular formula is C19H22ClNO3. The van der Waals surface area contributed by atoms with Crippen molar-refractivity contribution in [1.29, 1.82) is 0 Å². The Morgan fingerprint density at radius 1 is 1.17 bits per heavy atom. The molecule has 0 spiro atoms. The Kier molecular flexibility index (Phi) is 5.29. The summed E-state index contributed by atoms with van der Waals surface area (Å²) in [6, 6.07) is 11.5. The summed E-state index contributed by atoms with van der Waals surface area (Å²) in [5, 5.41) is 14.7. The van der Waals surface area contributed by atoms with Crippen molar-refractivity contribution < 1.29 is 14.6 Å². The van der Waals surface area contributed by atoms with Crippen LogP contribution in [0.5, 0.6) is 11.5 Å². The molecule has 2 atom stereocenters. The fourth-order valence-electron chi connectivity index (χ4n) is 3.22. The minimum absolute atomic E-state index is 0.0687. The van der Waals surface area contributed by atoms with Crippen LogP contribution in [0.15, 0.2) is 36.4 Å². The molecular weight excluding hydrogens is 326 g/mol. The van der Waals surface area contributed by atoms with E-state index >= 15 is 0 Å². The predicted molar refractivity (Wildman–Crippen MR) is 95.0 cm³/mol. The number of benzene rings is 2. The first-order valence-electron chi connectivity index (χ1n) is 8.04. The average molecular weight is 348 g/mol. The number of hydrogen-bond acceptors (Lipinski definition) is 4. The van der Waals surface area contributed by atoms with Crippen LogP contribution >= 0.6 is 11.6 Å². The molecule has 0 aliphatic carbocycles. The van der Waals surface area contributed by atoms with E-state index in [1.165, 1.54) is 5.56 Å². The minimum Gasteiger partial charge on any atom is -0.493 e. The summed E-state index contributed by atoms with van der Waals surface area (Å²) in [4.78, 5) is 0. The Hall–Kier alpha value is -1.75. The summed E-state index contributed by atoms with van der Waals surface area (Å²) in [6.07, 6.45) is 0.965. The van der Waals surface area contributed by atoms with E-state index < -0.39 is 6.10 Å². The summed E-state index contributed by atoms with van der Waals surface area (Å²) in [5.74, 6) is 1.46. The molecule has 1 aliphatic rings. The molecule has 0 amide bonds. The van der Waals surface area contributed by atoms with Gasteiger partial charge in [0.2, 0.25) is 0 Å². The van der Waals surface area contributed by atoms with E-state index in [1.807, 2.05) is 24.3 Å². The fourth-order valence-corrected chi connectivity index (χ4v) is 3.35. The van der Waals surface area contributed by atoms with Gasteiger partial charge in [0.1, 0.15) is 0 Å². The van der Waals surface area contributed by atoms with Gasteiger partial charge in [-0.25, -0.2) is 0 Å². The van der Waals surface area contributed by atoms with Crippen molar-refractivity contribution >= 4 is 11.6 Å². The van der Waals surface area contributed by atoms with Gasteiger partial charge >= 0.3 is 0 Å². The van der Waals surface area contributed by atoms with Crippen LogP contribution in [0.4, 0.5) is 0 Å². The van der Waals surface area contributed by atoms with Gasteiger partial charge in [-0.1, -0.05) is 23.7 Å².